The second-order valence-electron chi connectivity index (χ2n) is 7.66. The van der Waals surface area contributed by atoms with Gasteiger partial charge in [-0.05, 0) is 73.0 Å². The normalized spacial score (nSPS) is 12.2. The molecule has 5 rings (SSSR count). The van der Waals surface area contributed by atoms with Crippen molar-refractivity contribution in [3.05, 3.63) is 101 Å². The first-order chi connectivity index (χ1) is 15.4. The van der Waals surface area contributed by atoms with Gasteiger partial charge in [-0.3, -0.25) is 4.79 Å². The third-order valence-electron chi connectivity index (χ3n) is 5.44. The summed E-state index contributed by atoms with van der Waals surface area (Å²) < 4.78 is 10.3. The number of hydrogen-bond acceptors (Lipinski definition) is 4. The first-order valence-electron chi connectivity index (χ1n) is 10.00. The molecule has 0 aliphatic carbocycles. The summed E-state index contributed by atoms with van der Waals surface area (Å²) in [4.78, 5) is 18.4. The average Bonchev–Trinajstić information content (AvgIpc) is 3.25. The zero-order valence-corrected chi connectivity index (χ0v) is 21.3. The van der Waals surface area contributed by atoms with Gasteiger partial charge in [-0.2, -0.15) is 0 Å². The molecule has 0 amide bonds. The van der Waals surface area contributed by atoms with Crippen LogP contribution in [-0.4, -0.2) is 9.38 Å². The maximum atomic E-state index is 13.1. The SMILES string of the molecule is Cc1cc2nc3s/c(=C\c4ccc(OCc5ccc(Br)cc5Br)cc4)c(=O)n3c2cc1C. The molecule has 32 heavy (non-hydrogen) atoms. The number of ether oxygens (including phenoxy) is 1. The Hall–Kier alpha value is -2.48. The number of imidazole rings is 1. The van der Waals surface area contributed by atoms with Crippen molar-refractivity contribution in [1.82, 2.24) is 9.38 Å². The van der Waals surface area contributed by atoms with Crippen LogP contribution < -0.4 is 14.8 Å². The summed E-state index contributed by atoms with van der Waals surface area (Å²) in [5, 5.41) is 0. The molecular weight excluding hydrogens is 552 g/mol. The van der Waals surface area contributed by atoms with E-state index in [0.717, 1.165) is 47.4 Å². The summed E-state index contributed by atoms with van der Waals surface area (Å²) in [5.41, 5.74) is 6.04. The van der Waals surface area contributed by atoms with Gasteiger partial charge >= 0.3 is 0 Å². The topological polar surface area (TPSA) is 43.6 Å². The van der Waals surface area contributed by atoms with Gasteiger partial charge in [0.1, 0.15) is 12.4 Å². The average molecular weight is 570 g/mol. The fourth-order valence-electron chi connectivity index (χ4n) is 3.53. The molecule has 0 fully saturated rings. The Morgan fingerprint density at radius 2 is 1.78 bits per heavy atom. The van der Waals surface area contributed by atoms with Crippen molar-refractivity contribution in [3.8, 4) is 5.75 Å². The van der Waals surface area contributed by atoms with Crippen LogP contribution >= 0.6 is 43.2 Å². The fraction of sp³-hybridized carbons (Fsp3) is 0.120. The van der Waals surface area contributed by atoms with Crippen molar-refractivity contribution in [1.29, 1.82) is 0 Å². The van der Waals surface area contributed by atoms with Gasteiger partial charge in [0.15, 0.2) is 4.96 Å². The maximum absolute atomic E-state index is 13.1. The van der Waals surface area contributed by atoms with Gasteiger partial charge in [-0.25, -0.2) is 9.38 Å². The summed E-state index contributed by atoms with van der Waals surface area (Å²) >= 11 is 8.43. The molecule has 0 N–H and O–H groups in total. The van der Waals surface area contributed by atoms with Crippen molar-refractivity contribution in [2.24, 2.45) is 0 Å². The third kappa shape index (κ3) is 4.00. The van der Waals surface area contributed by atoms with Crippen molar-refractivity contribution >= 4 is 65.3 Å². The van der Waals surface area contributed by atoms with Crippen molar-refractivity contribution in [3.63, 3.8) is 0 Å². The maximum Gasteiger partial charge on any atom is 0.274 e. The number of fused-ring (bicyclic) bond motifs is 3. The largest absolute Gasteiger partial charge is 0.489 e. The number of benzene rings is 3. The lowest BCUT2D eigenvalue weighted by molar-refractivity contribution is 0.305. The zero-order valence-electron chi connectivity index (χ0n) is 17.4. The predicted molar refractivity (Wildman–Crippen MR) is 138 cm³/mol. The van der Waals surface area contributed by atoms with Crippen LogP contribution in [0.25, 0.3) is 22.1 Å². The van der Waals surface area contributed by atoms with E-state index in [-0.39, 0.29) is 5.56 Å². The number of nitrogens with zero attached hydrogens (tertiary/aromatic N) is 2. The van der Waals surface area contributed by atoms with E-state index in [1.165, 1.54) is 16.9 Å². The van der Waals surface area contributed by atoms with Crippen LogP contribution in [0.4, 0.5) is 0 Å². The summed E-state index contributed by atoms with van der Waals surface area (Å²) in [6, 6.07) is 17.8. The molecule has 7 heteroatoms. The number of halogens is 2. The Bertz CT molecular complexity index is 1590. The molecule has 4 nitrogen and oxygen atoms in total. The van der Waals surface area contributed by atoms with Gasteiger partial charge in [0.05, 0.1) is 15.6 Å². The predicted octanol–water partition coefficient (Wildman–Crippen LogP) is 6.18. The molecule has 0 radical (unpaired) electrons. The molecule has 0 bridgehead atoms. The van der Waals surface area contributed by atoms with Gasteiger partial charge in [-0.1, -0.05) is 61.4 Å². The summed E-state index contributed by atoms with van der Waals surface area (Å²) in [6.07, 6.45) is 1.91. The van der Waals surface area contributed by atoms with E-state index >= 15 is 0 Å². The van der Waals surface area contributed by atoms with Crippen LogP contribution in [0.15, 0.2) is 68.3 Å². The zero-order chi connectivity index (χ0) is 22.4. The molecule has 5 aromatic rings. The van der Waals surface area contributed by atoms with E-state index in [4.69, 9.17) is 4.74 Å². The molecule has 0 aliphatic heterocycles. The highest BCUT2D eigenvalue weighted by Crippen LogP contribution is 2.24. The van der Waals surface area contributed by atoms with Gasteiger partial charge in [-0.15, -0.1) is 0 Å². The van der Waals surface area contributed by atoms with Crippen LogP contribution in [-0.2, 0) is 6.61 Å². The van der Waals surface area contributed by atoms with Crippen LogP contribution in [0.3, 0.4) is 0 Å². The van der Waals surface area contributed by atoms with Crippen LogP contribution in [0.5, 0.6) is 5.75 Å². The molecule has 2 aromatic heterocycles. The van der Waals surface area contributed by atoms with E-state index in [2.05, 4.69) is 50.7 Å². The lowest BCUT2D eigenvalue weighted by Gasteiger charge is -2.08. The highest BCUT2D eigenvalue weighted by Gasteiger charge is 2.12. The van der Waals surface area contributed by atoms with E-state index in [1.807, 2.05) is 60.7 Å². The van der Waals surface area contributed by atoms with Crippen LogP contribution in [0.2, 0.25) is 0 Å². The summed E-state index contributed by atoms with van der Waals surface area (Å²) in [7, 11) is 0. The first-order valence-corrected chi connectivity index (χ1v) is 12.4. The Morgan fingerprint density at radius 3 is 2.53 bits per heavy atom. The van der Waals surface area contributed by atoms with E-state index in [1.54, 1.807) is 4.40 Å². The molecule has 3 aromatic carbocycles. The second kappa shape index (κ2) is 8.46. The van der Waals surface area contributed by atoms with E-state index < -0.39 is 0 Å². The second-order valence-corrected chi connectivity index (χ2v) is 10.4. The monoisotopic (exact) mass is 568 g/mol. The number of thiazole rings is 1. The lowest BCUT2D eigenvalue weighted by Crippen LogP contribution is -2.22. The minimum atomic E-state index is -0.0313. The van der Waals surface area contributed by atoms with Gasteiger partial charge in [0.25, 0.3) is 5.56 Å². The smallest absolute Gasteiger partial charge is 0.274 e. The van der Waals surface area contributed by atoms with Crippen LogP contribution in [0, 0.1) is 13.8 Å². The quantitative estimate of drug-likeness (QED) is 0.260. The molecule has 0 aliphatic rings. The Morgan fingerprint density at radius 1 is 1.03 bits per heavy atom. The Kier molecular flexibility index (Phi) is 5.65. The van der Waals surface area contributed by atoms with Gasteiger partial charge in [0.2, 0.25) is 0 Å². The summed E-state index contributed by atoms with van der Waals surface area (Å²) in [5.74, 6) is 0.775. The molecular formula is C25H18Br2N2O2S. The van der Waals surface area contributed by atoms with Crippen molar-refractivity contribution in [2.75, 3.05) is 0 Å². The highest BCUT2D eigenvalue weighted by atomic mass is 79.9. The minimum Gasteiger partial charge on any atom is -0.489 e. The number of aryl methyl sites for hydroxylation is 2. The van der Waals surface area contributed by atoms with Crippen molar-refractivity contribution < 1.29 is 4.74 Å². The molecule has 2 heterocycles. The number of rotatable bonds is 4. The molecule has 0 saturated carbocycles. The molecule has 160 valence electrons. The van der Waals surface area contributed by atoms with Crippen molar-refractivity contribution in [2.45, 2.75) is 20.5 Å². The lowest BCUT2D eigenvalue weighted by atomic mass is 10.1. The van der Waals surface area contributed by atoms with Gasteiger partial charge in [0, 0.05) is 14.5 Å². The van der Waals surface area contributed by atoms with Gasteiger partial charge < -0.3 is 4.74 Å². The highest BCUT2D eigenvalue weighted by molar-refractivity contribution is 9.11. The minimum absolute atomic E-state index is 0.0313. The third-order valence-corrected chi connectivity index (χ3v) is 7.64. The molecule has 0 saturated heterocycles. The first kappa shape index (κ1) is 21.4. The van der Waals surface area contributed by atoms with E-state index in [9.17, 15) is 4.79 Å². The van der Waals surface area contributed by atoms with E-state index in [0.29, 0.717) is 11.1 Å². The standard InChI is InChI=1S/C25H18Br2N2O2S/c1-14-9-21-22(10-15(14)2)29-24(30)23(32-25(29)28-21)11-16-3-7-19(8-4-16)31-13-17-5-6-18(26)12-20(17)27/h3-12H,13H2,1-2H3/b23-11-. The summed E-state index contributed by atoms with van der Waals surface area (Å²) in [6.45, 7) is 4.58. The number of aromatic nitrogens is 2. The number of hydrogen-bond donors (Lipinski definition) is 0. The molecule has 0 atom stereocenters. The molecule has 0 unspecified atom stereocenters. The molecule has 0 spiro atoms. The fourth-order valence-corrected chi connectivity index (χ4v) is 5.68. The van der Waals surface area contributed by atoms with Crippen LogP contribution in [0.1, 0.15) is 22.3 Å². The Labute approximate surface area is 205 Å². The Balaban J connectivity index is 1.42.